The van der Waals surface area contributed by atoms with Gasteiger partial charge in [-0.05, 0) is 17.2 Å². The first-order chi connectivity index (χ1) is 12.0. The van der Waals surface area contributed by atoms with Crippen LogP contribution in [-0.4, -0.2) is 34.9 Å². The predicted molar refractivity (Wildman–Crippen MR) is 88.9 cm³/mol. The molecule has 25 heavy (non-hydrogen) atoms. The van der Waals surface area contributed by atoms with E-state index >= 15 is 0 Å². The number of cyclic esters (lactones) is 1. The molecule has 1 atom stereocenters. The summed E-state index contributed by atoms with van der Waals surface area (Å²) in [6.07, 6.45) is -0.564. The minimum absolute atomic E-state index is 0.0311. The largest absolute Gasteiger partial charge is 0.448 e. The van der Waals surface area contributed by atoms with E-state index in [4.69, 9.17) is 4.74 Å². The Morgan fingerprint density at radius 2 is 2.04 bits per heavy atom. The normalized spacial score (nSPS) is 15.9. The molecule has 0 aliphatic carbocycles. The average Bonchev–Trinajstić information content (AvgIpc) is 2.61. The summed E-state index contributed by atoms with van der Waals surface area (Å²) in [5, 5.41) is 10.8. The molecule has 0 bridgehead atoms. The summed E-state index contributed by atoms with van der Waals surface area (Å²) in [6.45, 7) is 0.191. The number of rotatable bonds is 4. The molecule has 7 heteroatoms. The molecule has 1 unspecified atom stereocenters. The molecule has 0 saturated carbocycles. The molecular weight excluding hydrogens is 324 g/mol. The first-order valence-corrected chi connectivity index (χ1v) is 7.73. The van der Waals surface area contributed by atoms with Crippen LogP contribution in [0.15, 0.2) is 48.5 Å². The van der Waals surface area contributed by atoms with Crippen LogP contribution < -0.4 is 0 Å². The van der Waals surface area contributed by atoms with Gasteiger partial charge in [0.05, 0.1) is 10.5 Å². The molecule has 3 rings (SSSR count). The fourth-order valence-electron chi connectivity index (χ4n) is 2.84. The number of esters is 1. The van der Waals surface area contributed by atoms with Gasteiger partial charge in [0.1, 0.15) is 0 Å². The van der Waals surface area contributed by atoms with Crippen molar-refractivity contribution in [2.75, 3.05) is 7.05 Å². The average molecular weight is 340 g/mol. The van der Waals surface area contributed by atoms with Crippen molar-refractivity contribution in [3.8, 4) is 0 Å². The number of nitro groups is 1. The molecule has 0 N–H and O–H groups in total. The Morgan fingerprint density at radius 3 is 2.80 bits per heavy atom. The van der Waals surface area contributed by atoms with Gasteiger partial charge in [0.15, 0.2) is 6.10 Å². The topological polar surface area (TPSA) is 89.8 Å². The molecule has 7 nitrogen and oxygen atoms in total. The van der Waals surface area contributed by atoms with Crippen molar-refractivity contribution in [2.24, 2.45) is 0 Å². The van der Waals surface area contributed by atoms with E-state index in [1.165, 1.54) is 17.0 Å². The van der Waals surface area contributed by atoms with Crippen molar-refractivity contribution < 1.29 is 19.2 Å². The van der Waals surface area contributed by atoms with Gasteiger partial charge in [0, 0.05) is 32.1 Å². The molecule has 2 aromatic carbocycles. The maximum absolute atomic E-state index is 12.6. The number of nitro benzene ring substituents is 1. The lowest BCUT2D eigenvalue weighted by molar-refractivity contribution is -0.384. The summed E-state index contributed by atoms with van der Waals surface area (Å²) < 4.78 is 5.26. The quantitative estimate of drug-likeness (QED) is 0.484. The number of fused-ring (bicyclic) bond motifs is 1. The molecule has 1 aliphatic rings. The predicted octanol–water partition coefficient (Wildman–Crippen LogP) is 2.33. The summed E-state index contributed by atoms with van der Waals surface area (Å²) in [5.41, 5.74) is 1.86. The Balaban J connectivity index is 1.72. The van der Waals surface area contributed by atoms with Crippen LogP contribution in [0, 0.1) is 10.1 Å². The zero-order valence-electron chi connectivity index (χ0n) is 13.5. The molecule has 0 radical (unpaired) electrons. The SMILES string of the molecule is CN(Cc1cccc([N+](=O)[O-])c1)C(=O)C1Cc2ccccc2C(=O)O1. The van der Waals surface area contributed by atoms with Crippen molar-refractivity contribution in [1.29, 1.82) is 0 Å². The number of carbonyl (C=O) groups excluding carboxylic acids is 2. The van der Waals surface area contributed by atoms with Gasteiger partial charge in [-0.3, -0.25) is 14.9 Å². The molecule has 1 amide bonds. The van der Waals surface area contributed by atoms with Crippen LogP contribution in [0.25, 0.3) is 0 Å². The van der Waals surface area contributed by atoms with Gasteiger partial charge < -0.3 is 9.64 Å². The van der Waals surface area contributed by atoms with E-state index in [0.29, 0.717) is 17.5 Å². The molecule has 128 valence electrons. The molecule has 0 spiro atoms. The van der Waals surface area contributed by atoms with E-state index < -0.39 is 17.0 Å². The molecule has 1 heterocycles. The highest BCUT2D eigenvalue weighted by Gasteiger charge is 2.32. The van der Waals surface area contributed by atoms with Gasteiger partial charge in [-0.15, -0.1) is 0 Å². The van der Waals surface area contributed by atoms with Gasteiger partial charge in [0.2, 0.25) is 0 Å². The van der Waals surface area contributed by atoms with Crippen LogP contribution in [0.5, 0.6) is 0 Å². The zero-order valence-corrected chi connectivity index (χ0v) is 13.5. The smallest absolute Gasteiger partial charge is 0.339 e. The summed E-state index contributed by atoms with van der Waals surface area (Å²) in [7, 11) is 1.58. The molecular formula is C18H16N2O5. The Labute approximate surface area is 144 Å². The van der Waals surface area contributed by atoms with Gasteiger partial charge >= 0.3 is 5.97 Å². The van der Waals surface area contributed by atoms with Crippen LogP contribution in [0.1, 0.15) is 21.5 Å². The van der Waals surface area contributed by atoms with Crippen molar-refractivity contribution in [2.45, 2.75) is 19.1 Å². The molecule has 0 saturated heterocycles. The van der Waals surface area contributed by atoms with Crippen LogP contribution in [0.4, 0.5) is 5.69 Å². The van der Waals surface area contributed by atoms with Crippen molar-refractivity contribution in [3.05, 3.63) is 75.3 Å². The van der Waals surface area contributed by atoms with Crippen LogP contribution in [-0.2, 0) is 22.5 Å². The first kappa shape index (κ1) is 16.6. The number of non-ortho nitro benzene ring substituents is 1. The number of benzene rings is 2. The lowest BCUT2D eigenvalue weighted by Gasteiger charge is -2.27. The van der Waals surface area contributed by atoms with E-state index in [0.717, 1.165) is 5.56 Å². The standard InChI is InChI=1S/C18H16N2O5/c1-19(11-12-5-4-7-14(9-12)20(23)24)17(21)16-10-13-6-2-3-8-15(13)18(22)25-16/h2-9,16H,10-11H2,1H3. The highest BCUT2D eigenvalue weighted by atomic mass is 16.6. The summed E-state index contributed by atoms with van der Waals surface area (Å²) in [5.74, 6) is -0.849. The van der Waals surface area contributed by atoms with E-state index in [-0.39, 0.29) is 18.1 Å². The maximum atomic E-state index is 12.6. The summed E-state index contributed by atoms with van der Waals surface area (Å²) in [6, 6.07) is 13.1. The maximum Gasteiger partial charge on any atom is 0.339 e. The van der Waals surface area contributed by atoms with Crippen LogP contribution >= 0.6 is 0 Å². The second-order valence-corrected chi connectivity index (χ2v) is 5.88. The van der Waals surface area contributed by atoms with E-state index in [1.807, 2.05) is 6.07 Å². The Morgan fingerprint density at radius 1 is 1.28 bits per heavy atom. The zero-order chi connectivity index (χ0) is 18.0. The van der Waals surface area contributed by atoms with E-state index in [1.54, 1.807) is 37.4 Å². The highest BCUT2D eigenvalue weighted by molar-refractivity contribution is 5.95. The van der Waals surface area contributed by atoms with Crippen molar-refractivity contribution in [1.82, 2.24) is 4.90 Å². The second kappa shape index (κ2) is 6.72. The highest BCUT2D eigenvalue weighted by Crippen LogP contribution is 2.22. The van der Waals surface area contributed by atoms with Gasteiger partial charge in [-0.25, -0.2) is 4.79 Å². The summed E-state index contributed by atoms with van der Waals surface area (Å²) in [4.78, 5) is 36.4. The molecule has 1 aliphatic heterocycles. The lowest BCUT2D eigenvalue weighted by Crippen LogP contribution is -2.42. The lowest BCUT2D eigenvalue weighted by atomic mass is 9.98. The Bertz CT molecular complexity index is 849. The third-order valence-electron chi connectivity index (χ3n) is 4.08. The Hall–Kier alpha value is -3.22. The monoisotopic (exact) mass is 340 g/mol. The number of hydrogen-bond donors (Lipinski definition) is 0. The van der Waals surface area contributed by atoms with Crippen molar-refractivity contribution in [3.63, 3.8) is 0 Å². The van der Waals surface area contributed by atoms with Crippen LogP contribution in [0.3, 0.4) is 0 Å². The number of amides is 1. The minimum Gasteiger partial charge on any atom is -0.448 e. The molecule has 0 fully saturated rings. The number of carbonyl (C=O) groups is 2. The van der Waals surface area contributed by atoms with Gasteiger partial charge in [-0.1, -0.05) is 30.3 Å². The second-order valence-electron chi connectivity index (χ2n) is 5.88. The van der Waals surface area contributed by atoms with Crippen molar-refractivity contribution >= 4 is 17.6 Å². The third-order valence-corrected chi connectivity index (χ3v) is 4.08. The fraction of sp³-hybridized carbons (Fsp3) is 0.222. The van der Waals surface area contributed by atoms with Gasteiger partial charge in [-0.2, -0.15) is 0 Å². The third kappa shape index (κ3) is 3.50. The van der Waals surface area contributed by atoms with E-state index in [9.17, 15) is 19.7 Å². The molecule has 2 aromatic rings. The number of ether oxygens (including phenoxy) is 1. The molecule has 0 aromatic heterocycles. The van der Waals surface area contributed by atoms with Gasteiger partial charge in [0.25, 0.3) is 11.6 Å². The number of hydrogen-bond acceptors (Lipinski definition) is 5. The van der Waals surface area contributed by atoms with Crippen LogP contribution in [0.2, 0.25) is 0 Å². The number of likely N-dealkylation sites (N-methyl/N-ethyl adjacent to an activating group) is 1. The van der Waals surface area contributed by atoms with E-state index in [2.05, 4.69) is 0 Å². The summed E-state index contributed by atoms with van der Waals surface area (Å²) >= 11 is 0. The number of nitrogens with zero attached hydrogens (tertiary/aromatic N) is 2. The first-order valence-electron chi connectivity index (χ1n) is 7.73. The Kier molecular flexibility index (Phi) is 4.47. The minimum atomic E-state index is -0.883. The fourth-order valence-corrected chi connectivity index (χ4v) is 2.84.